The second-order valence-electron chi connectivity index (χ2n) is 5.31. The third-order valence-corrected chi connectivity index (χ3v) is 4.12. The number of hydrogen-bond acceptors (Lipinski definition) is 3. The first-order chi connectivity index (χ1) is 8.20. The Morgan fingerprint density at radius 1 is 1.53 bits per heavy atom. The average molecular weight is 234 g/mol. The summed E-state index contributed by atoms with van der Waals surface area (Å²) in [4.78, 5) is 14.3. The largest absolute Gasteiger partial charge is 0.338 e. The minimum atomic E-state index is 0.125. The van der Waals surface area contributed by atoms with E-state index in [1.807, 2.05) is 11.8 Å². The molecular formula is C12H18N4O. The molecular weight excluding hydrogens is 216 g/mol. The smallest absolute Gasteiger partial charge is 0.257 e. The normalized spacial score (nSPS) is 28.2. The number of aromatic nitrogens is 2. The highest BCUT2D eigenvalue weighted by atomic mass is 16.2. The number of H-pyrrole nitrogens is 1. The first-order valence-corrected chi connectivity index (χ1v) is 6.20. The lowest BCUT2D eigenvalue weighted by Gasteiger charge is -2.22. The van der Waals surface area contributed by atoms with Crippen molar-refractivity contribution < 1.29 is 4.79 Å². The molecule has 1 aromatic rings. The summed E-state index contributed by atoms with van der Waals surface area (Å²) in [7, 11) is 0. The van der Waals surface area contributed by atoms with Gasteiger partial charge < -0.3 is 10.2 Å². The minimum Gasteiger partial charge on any atom is -0.338 e. The molecule has 1 aromatic heterocycles. The standard InChI is InChI=1S/C12H18N4O/c1-9-10(6-14-15-9)11(17)16-5-3-12(8-16)2-4-13-7-12/h6,13H,2-5,7-8H2,1H3,(H,14,15). The van der Waals surface area contributed by atoms with Crippen LogP contribution in [0.25, 0.3) is 0 Å². The molecule has 0 saturated carbocycles. The van der Waals surface area contributed by atoms with Gasteiger partial charge in [-0.1, -0.05) is 0 Å². The Kier molecular flexibility index (Phi) is 2.43. The maximum absolute atomic E-state index is 12.3. The molecule has 1 amide bonds. The average Bonchev–Trinajstić information content (AvgIpc) is 3.02. The van der Waals surface area contributed by atoms with Gasteiger partial charge in [0.1, 0.15) is 0 Å². The van der Waals surface area contributed by atoms with Gasteiger partial charge in [0.25, 0.3) is 5.91 Å². The highest BCUT2D eigenvalue weighted by molar-refractivity contribution is 5.95. The van der Waals surface area contributed by atoms with E-state index in [1.165, 1.54) is 6.42 Å². The molecule has 92 valence electrons. The molecule has 2 N–H and O–H groups in total. The van der Waals surface area contributed by atoms with Gasteiger partial charge in [-0.25, -0.2) is 0 Å². The predicted molar refractivity (Wildman–Crippen MR) is 63.8 cm³/mol. The predicted octanol–water partition coefficient (Wildman–Crippen LogP) is 0.544. The maximum atomic E-state index is 12.3. The van der Waals surface area contributed by atoms with Crippen molar-refractivity contribution in [2.75, 3.05) is 26.2 Å². The first-order valence-electron chi connectivity index (χ1n) is 6.20. The van der Waals surface area contributed by atoms with E-state index < -0.39 is 0 Å². The number of aryl methyl sites for hydroxylation is 1. The summed E-state index contributed by atoms with van der Waals surface area (Å²) < 4.78 is 0. The van der Waals surface area contributed by atoms with Crippen LogP contribution in [0.5, 0.6) is 0 Å². The zero-order chi connectivity index (χ0) is 11.9. The Balaban J connectivity index is 1.75. The number of likely N-dealkylation sites (tertiary alicyclic amines) is 1. The lowest BCUT2D eigenvalue weighted by Crippen LogP contribution is -2.33. The molecule has 5 heteroatoms. The fraction of sp³-hybridized carbons (Fsp3) is 0.667. The number of aromatic amines is 1. The van der Waals surface area contributed by atoms with E-state index in [1.54, 1.807) is 6.20 Å². The number of nitrogens with zero attached hydrogens (tertiary/aromatic N) is 2. The van der Waals surface area contributed by atoms with Gasteiger partial charge in [0, 0.05) is 30.7 Å². The monoisotopic (exact) mass is 234 g/mol. The van der Waals surface area contributed by atoms with Crippen molar-refractivity contribution in [1.82, 2.24) is 20.4 Å². The number of carbonyl (C=O) groups excluding carboxylic acids is 1. The van der Waals surface area contributed by atoms with E-state index in [0.29, 0.717) is 11.0 Å². The number of nitrogens with one attached hydrogen (secondary N) is 2. The molecule has 2 fully saturated rings. The fourth-order valence-electron chi connectivity index (χ4n) is 2.99. The van der Waals surface area contributed by atoms with E-state index in [0.717, 1.165) is 38.3 Å². The van der Waals surface area contributed by atoms with Gasteiger partial charge in [0.05, 0.1) is 11.8 Å². The highest BCUT2D eigenvalue weighted by Crippen LogP contribution is 2.36. The van der Waals surface area contributed by atoms with Gasteiger partial charge in [-0.15, -0.1) is 0 Å². The van der Waals surface area contributed by atoms with Crippen LogP contribution in [0.2, 0.25) is 0 Å². The van der Waals surface area contributed by atoms with E-state index in [-0.39, 0.29) is 5.91 Å². The molecule has 2 aliphatic rings. The van der Waals surface area contributed by atoms with Crippen LogP contribution in [0.4, 0.5) is 0 Å². The summed E-state index contributed by atoms with van der Waals surface area (Å²) in [6.45, 7) is 5.81. The third kappa shape index (κ3) is 1.74. The van der Waals surface area contributed by atoms with E-state index in [9.17, 15) is 4.79 Å². The molecule has 3 rings (SSSR count). The molecule has 0 aromatic carbocycles. The summed E-state index contributed by atoms with van der Waals surface area (Å²) in [6.07, 6.45) is 3.96. The molecule has 0 radical (unpaired) electrons. The van der Waals surface area contributed by atoms with Gasteiger partial charge in [0.15, 0.2) is 0 Å². The number of rotatable bonds is 1. The van der Waals surface area contributed by atoms with Crippen LogP contribution in [0.1, 0.15) is 28.9 Å². The van der Waals surface area contributed by atoms with E-state index in [4.69, 9.17) is 0 Å². The molecule has 1 unspecified atom stereocenters. The van der Waals surface area contributed by atoms with Crippen molar-refractivity contribution in [1.29, 1.82) is 0 Å². The number of amides is 1. The SMILES string of the molecule is Cc1[nH]ncc1C(=O)N1CCC2(CCNC2)C1. The van der Waals surface area contributed by atoms with Crippen molar-refractivity contribution in [2.24, 2.45) is 5.41 Å². The highest BCUT2D eigenvalue weighted by Gasteiger charge is 2.42. The van der Waals surface area contributed by atoms with Crippen LogP contribution >= 0.6 is 0 Å². The molecule has 5 nitrogen and oxygen atoms in total. The molecule has 1 atom stereocenters. The minimum absolute atomic E-state index is 0.125. The molecule has 2 saturated heterocycles. The molecule has 1 spiro atoms. The second kappa shape index (κ2) is 3.84. The van der Waals surface area contributed by atoms with Gasteiger partial charge in [0.2, 0.25) is 0 Å². The van der Waals surface area contributed by atoms with Crippen LogP contribution in [0, 0.1) is 12.3 Å². The summed E-state index contributed by atoms with van der Waals surface area (Å²) in [6, 6.07) is 0. The number of hydrogen-bond donors (Lipinski definition) is 2. The summed E-state index contributed by atoms with van der Waals surface area (Å²) in [5.41, 5.74) is 1.92. The Bertz CT molecular complexity index is 433. The maximum Gasteiger partial charge on any atom is 0.257 e. The van der Waals surface area contributed by atoms with Gasteiger partial charge in [-0.3, -0.25) is 9.89 Å². The summed E-state index contributed by atoms with van der Waals surface area (Å²) in [5.74, 6) is 0.125. The first kappa shape index (κ1) is 10.8. The molecule has 17 heavy (non-hydrogen) atoms. The lowest BCUT2D eigenvalue weighted by atomic mass is 9.86. The Morgan fingerprint density at radius 2 is 2.41 bits per heavy atom. The van der Waals surface area contributed by atoms with Crippen molar-refractivity contribution in [3.05, 3.63) is 17.5 Å². The zero-order valence-electron chi connectivity index (χ0n) is 10.1. The third-order valence-electron chi connectivity index (χ3n) is 4.12. The van der Waals surface area contributed by atoms with Crippen LogP contribution in [0.15, 0.2) is 6.20 Å². The summed E-state index contributed by atoms with van der Waals surface area (Å²) in [5, 5.41) is 10.1. The quantitative estimate of drug-likeness (QED) is 0.745. The van der Waals surface area contributed by atoms with Crippen molar-refractivity contribution in [2.45, 2.75) is 19.8 Å². The van der Waals surface area contributed by atoms with E-state index >= 15 is 0 Å². The second-order valence-corrected chi connectivity index (χ2v) is 5.31. The Labute approximate surface area is 101 Å². The fourth-order valence-corrected chi connectivity index (χ4v) is 2.99. The lowest BCUT2D eigenvalue weighted by molar-refractivity contribution is 0.0775. The summed E-state index contributed by atoms with van der Waals surface area (Å²) >= 11 is 0. The van der Waals surface area contributed by atoms with Crippen LogP contribution in [0.3, 0.4) is 0 Å². The topological polar surface area (TPSA) is 61.0 Å². The Morgan fingerprint density at radius 3 is 3.06 bits per heavy atom. The van der Waals surface area contributed by atoms with Gasteiger partial charge >= 0.3 is 0 Å². The molecule has 0 aliphatic carbocycles. The van der Waals surface area contributed by atoms with Crippen LogP contribution in [-0.2, 0) is 0 Å². The van der Waals surface area contributed by atoms with Crippen molar-refractivity contribution in [3.63, 3.8) is 0 Å². The Hall–Kier alpha value is -1.36. The molecule has 2 aliphatic heterocycles. The van der Waals surface area contributed by atoms with Gasteiger partial charge in [-0.05, 0) is 26.3 Å². The zero-order valence-corrected chi connectivity index (χ0v) is 10.1. The van der Waals surface area contributed by atoms with Gasteiger partial charge in [-0.2, -0.15) is 5.10 Å². The molecule has 3 heterocycles. The van der Waals surface area contributed by atoms with Crippen LogP contribution in [-0.4, -0.2) is 47.2 Å². The van der Waals surface area contributed by atoms with E-state index in [2.05, 4.69) is 15.5 Å². The van der Waals surface area contributed by atoms with Crippen molar-refractivity contribution >= 4 is 5.91 Å². The van der Waals surface area contributed by atoms with Crippen molar-refractivity contribution in [3.8, 4) is 0 Å². The van der Waals surface area contributed by atoms with Crippen LogP contribution < -0.4 is 5.32 Å². The number of carbonyl (C=O) groups is 1. The molecule has 0 bridgehead atoms.